The lowest BCUT2D eigenvalue weighted by molar-refractivity contribution is 0.0865. The molecular formula is C21H22O5. The predicted molar refractivity (Wildman–Crippen MR) is 96.6 cm³/mol. The van der Waals surface area contributed by atoms with Crippen LogP contribution in [0.3, 0.4) is 0 Å². The number of carbonyl (C=O) groups excluding carboxylic acids is 1. The second-order valence-corrected chi connectivity index (χ2v) is 6.90. The molecule has 0 saturated heterocycles. The molecule has 1 heterocycles. The molecule has 0 unspecified atom stereocenters. The van der Waals surface area contributed by atoms with Crippen molar-refractivity contribution in [1.29, 1.82) is 0 Å². The fourth-order valence-electron chi connectivity index (χ4n) is 4.01. The van der Waals surface area contributed by atoms with E-state index in [2.05, 4.69) is 13.0 Å². The number of Topliss-reactive ketones (excluding diaryl/α,β-unsaturated/α-hetero) is 1. The van der Waals surface area contributed by atoms with E-state index in [4.69, 9.17) is 18.9 Å². The first-order valence-electron chi connectivity index (χ1n) is 8.74. The molecule has 2 aromatic carbocycles. The molecule has 5 nitrogen and oxygen atoms in total. The average molecular weight is 354 g/mol. The van der Waals surface area contributed by atoms with Crippen LogP contribution in [0.5, 0.6) is 23.0 Å². The van der Waals surface area contributed by atoms with Gasteiger partial charge >= 0.3 is 0 Å². The van der Waals surface area contributed by atoms with E-state index in [9.17, 15) is 4.79 Å². The van der Waals surface area contributed by atoms with Gasteiger partial charge in [0.15, 0.2) is 28.8 Å². The van der Waals surface area contributed by atoms with Crippen molar-refractivity contribution in [3.05, 3.63) is 47.0 Å². The van der Waals surface area contributed by atoms with Crippen LogP contribution in [0, 0.1) is 11.8 Å². The molecule has 0 spiro atoms. The molecule has 2 aliphatic rings. The Morgan fingerprint density at radius 3 is 2.38 bits per heavy atom. The van der Waals surface area contributed by atoms with E-state index in [1.807, 2.05) is 25.1 Å². The summed E-state index contributed by atoms with van der Waals surface area (Å²) >= 11 is 0. The van der Waals surface area contributed by atoms with Gasteiger partial charge in [0.1, 0.15) is 0 Å². The highest BCUT2D eigenvalue weighted by molar-refractivity contribution is 6.01. The lowest BCUT2D eigenvalue weighted by atomic mass is 9.67. The number of hydrogen-bond donors (Lipinski definition) is 0. The molecule has 5 heteroatoms. The molecule has 0 radical (unpaired) electrons. The van der Waals surface area contributed by atoms with E-state index in [1.54, 1.807) is 20.3 Å². The van der Waals surface area contributed by atoms with Crippen molar-refractivity contribution in [1.82, 2.24) is 0 Å². The summed E-state index contributed by atoms with van der Waals surface area (Å²) in [5, 5.41) is 0. The van der Waals surface area contributed by atoms with Gasteiger partial charge < -0.3 is 18.9 Å². The van der Waals surface area contributed by atoms with Gasteiger partial charge in [-0.15, -0.1) is 0 Å². The second kappa shape index (κ2) is 6.24. The zero-order chi connectivity index (χ0) is 18.4. The lowest BCUT2D eigenvalue weighted by Crippen LogP contribution is -2.32. The molecule has 136 valence electrons. The summed E-state index contributed by atoms with van der Waals surface area (Å²) in [5.74, 6) is 2.98. The fraction of sp³-hybridized carbons (Fsp3) is 0.381. The van der Waals surface area contributed by atoms with E-state index in [-0.39, 0.29) is 30.3 Å². The Balaban J connectivity index is 1.90. The third-order valence-corrected chi connectivity index (χ3v) is 5.64. The minimum absolute atomic E-state index is 0.0620. The first kappa shape index (κ1) is 16.8. The predicted octanol–water partition coefficient (Wildman–Crippen LogP) is 4.03. The number of ketones is 1. The van der Waals surface area contributed by atoms with Gasteiger partial charge in [0.05, 0.1) is 14.2 Å². The summed E-state index contributed by atoms with van der Waals surface area (Å²) < 4.78 is 21.9. The normalized spacial score (nSPS) is 23.5. The molecule has 0 fully saturated rings. The summed E-state index contributed by atoms with van der Waals surface area (Å²) in [7, 11) is 3.19. The number of carbonyl (C=O) groups is 1. The largest absolute Gasteiger partial charge is 0.493 e. The molecule has 1 aliphatic carbocycles. The number of fused-ring (bicyclic) bond motifs is 2. The van der Waals surface area contributed by atoms with Gasteiger partial charge in [-0.2, -0.15) is 0 Å². The van der Waals surface area contributed by atoms with Gasteiger partial charge in [0.25, 0.3) is 0 Å². The maximum absolute atomic E-state index is 12.9. The number of benzene rings is 2. The van der Waals surface area contributed by atoms with Crippen LogP contribution < -0.4 is 18.9 Å². The van der Waals surface area contributed by atoms with Crippen molar-refractivity contribution in [3.8, 4) is 23.0 Å². The van der Waals surface area contributed by atoms with Crippen molar-refractivity contribution < 1.29 is 23.7 Å². The van der Waals surface area contributed by atoms with E-state index in [0.29, 0.717) is 17.1 Å². The summed E-state index contributed by atoms with van der Waals surface area (Å²) in [6, 6.07) is 9.75. The minimum atomic E-state index is -0.0870. The first-order chi connectivity index (χ1) is 12.5. The van der Waals surface area contributed by atoms with Gasteiger partial charge in [0, 0.05) is 17.4 Å². The molecule has 26 heavy (non-hydrogen) atoms. The lowest BCUT2D eigenvalue weighted by Gasteiger charge is -2.36. The van der Waals surface area contributed by atoms with Crippen LogP contribution in [0.15, 0.2) is 30.3 Å². The Morgan fingerprint density at radius 1 is 0.962 bits per heavy atom. The highest BCUT2D eigenvalue weighted by Gasteiger charge is 2.39. The van der Waals surface area contributed by atoms with Crippen LogP contribution >= 0.6 is 0 Å². The van der Waals surface area contributed by atoms with Gasteiger partial charge in [-0.3, -0.25) is 4.79 Å². The molecule has 0 N–H and O–H groups in total. The van der Waals surface area contributed by atoms with Crippen molar-refractivity contribution in [2.45, 2.75) is 19.8 Å². The topological polar surface area (TPSA) is 54.0 Å². The summed E-state index contributed by atoms with van der Waals surface area (Å²) in [5.41, 5.74) is 2.78. The van der Waals surface area contributed by atoms with Gasteiger partial charge in [-0.05, 0) is 41.3 Å². The second-order valence-electron chi connectivity index (χ2n) is 6.90. The summed E-state index contributed by atoms with van der Waals surface area (Å²) in [6.07, 6.45) is 0. The van der Waals surface area contributed by atoms with Crippen molar-refractivity contribution in [2.24, 2.45) is 11.8 Å². The molecule has 1 aliphatic heterocycles. The SMILES string of the molecule is COc1cc2c(cc1OC)[C@H](c1ccc3c(c1)OCO3)[C@@H](C)[C@H](C)C2=O. The average Bonchev–Trinajstić information content (AvgIpc) is 3.13. The summed E-state index contributed by atoms with van der Waals surface area (Å²) in [6.45, 7) is 4.36. The fourth-order valence-corrected chi connectivity index (χ4v) is 4.01. The van der Waals surface area contributed by atoms with Gasteiger partial charge in [-0.1, -0.05) is 19.9 Å². The number of methoxy groups -OCH3 is 2. The quantitative estimate of drug-likeness (QED) is 0.833. The Hall–Kier alpha value is -2.69. The van der Waals surface area contributed by atoms with Crippen LogP contribution in [0.2, 0.25) is 0 Å². The van der Waals surface area contributed by atoms with Crippen LogP contribution in [0.4, 0.5) is 0 Å². The number of hydrogen-bond acceptors (Lipinski definition) is 5. The van der Waals surface area contributed by atoms with Crippen LogP contribution in [0.1, 0.15) is 41.3 Å². The molecule has 0 amide bonds. The maximum Gasteiger partial charge on any atom is 0.231 e. The molecule has 0 bridgehead atoms. The molecule has 0 saturated carbocycles. The van der Waals surface area contributed by atoms with E-state index in [1.165, 1.54) is 0 Å². The van der Waals surface area contributed by atoms with Gasteiger partial charge in [-0.25, -0.2) is 0 Å². The summed E-state index contributed by atoms with van der Waals surface area (Å²) in [4.78, 5) is 12.9. The molecular weight excluding hydrogens is 332 g/mol. The van der Waals surface area contributed by atoms with Crippen molar-refractivity contribution >= 4 is 5.78 Å². The zero-order valence-electron chi connectivity index (χ0n) is 15.4. The monoisotopic (exact) mass is 354 g/mol. The molecule has 0 aromatic heterocycles. The van der Waals surface area contributed by atoms with E-state index >= 15 is 0 Å². The Bertz CT molecular complexity index is 873. The highest BCUT2D eigenvalue weighted by atomic mass is 16.7. The van der Waals surface area contributed by atoms with E-state index < -0.39 is 0 Å². The maximum atomic E-state index is 12.9. The van der Waals surface area contributed by atoms with Crippen molar-refractivity contribution in [2.75, 3.05) is 21.0 Å². The molecule has 3 atom stereocenters. The Labute approximate surface area is 152 Å². The Morgan fingerprint density at radius 2 is 1.65 bits per heavy atom. The minimum Gasteiger partial charge on any atom is -0.493 e. The van der Waals surface area contributed by atoms with Crippen LogP contribution in [-0.4, -0.2) is 26.8 Å². The smallest absolute Gasteiger partial charge is 0.231 e. The first-order valence-corrected chi connectivity index (χ1v) is 8.74. The van der Waals surface area contributed by atoms with E-state index in [0.717, 1.165) is 22.6 Å². The molecule has 4 rings (SSSR count). The number of rotatable bonds is 3. The standard InChI is InChI=1S/C21H22O5/c1-11-12(2)21(22)15-9-18(24-4)17(23-3)8-14(15)20(11)13-5-6-16-19(7-13)26-10-25-16/h5-9,11-12,20H,10H2,1-4H3/t11-,12-,20-/m0/s1. The third-order valence-electron chi connectivity index (χ3n) is 5.64. The number of ether oxygens (including phenoxy) is 4. The zero-order valence-corrected chi connectivity index (χ0v) is 15.4. The van der Waals surface area contributed by atoms with Crippen LogP contribution in [0.25, 0.3) is 0 Å². The van der Waals surface area contributed by atoms with Crippen LogP contribution in [-0.2, 0) is 0 Å². The Kier molecular flexibility index (Phi) is 4.02. The van der Waals surface area contributed by atoms with Crippen molar-refractivity contribution in [3.63, 3.8) is 0 Å². The van der Waals surface area contributed by atoms with Gasteiger partial charge in [0.2, 0.25) is 6.79 Å². The highest BCUT2D eigenvalue weighted by Crippen LogP contribution is 2.48. The third kappa shape index (κ3) is 2.42. The molecule has 2 aromatic rings.